The van der Waals surface area contributed by atoms with Gasteiger partial charge in [-0.25, -0.2) is 0 Å². The number of allylic oxidation sites excluding steroid dienone is 1. The third-order valence-corrected chi connectivity index (χ3v) is 2.21. The summed E-state index contributed by atoms with van der Waals surface area (Å²) in [5.41, 5.74) is 7.22. The molecular weight excluding hydrogens is 174 g/mol. The summed E-state index contributed by atoms with van der Waals surface area (Å²) in [5, 5.41) is 9.76. The third kappa shape index (κ3) is 3.23. The Hall–Kier alpha value is -1.28. The van der Waals surface area contributed by atoms with Gasteiger partial charge in [-0.1, -0.05) is 18.2 Å². The van der Waals surface area contributed by atoms with E-state index in [9.17, 15) is 5.11 Å². The van der Waals surface area contributed by atoms with Crippen LogP contribution >= 0.6 is 0 Å². The number of hydrogen-bond acceptors (Lipinski definition) is 2. The van der Waals surface area contributed by atoms with Crippen LogP contribution in [0.1, 0.15) is 30.9 Å². The van der Waals surface area contributed by atoms with Gasteiger partial charge in [-0.15, -0.1) is 6.58 Å². The standard InChI is InChI=1S/C12H17NO/c1-2-3-4-5-12(14)10-6-8-11(13)9-7-10/h2,6-9,12,14H,1,3-5,13H2. The molecule has 0 bridgehead atoms. The Morgan fingerprint density at radius 2 is 2.00 bits per heavy atom. The summed E-state index contributed by atoms with van der Waals surface area (Å²) >= 11 is 0. The van der Waals surface area contributed by atoms with E-state index in [0.717, 1.165) is 30.5 Å². The SMILES string of the molecule is C=CCCCC(O)c1ccc(N)cc1. The van der Waals surface area contributed by atoms with Gasteiger partial charge in [-0.3, -0.25) is 0 Å². The first-order valence-electron chi connectivity index (χ1n) is 4.88. The van der Waals surface area contributed by atoms with E-state index in [4.69, 9.17) is 5.73 Å². The molecule has 0 heterocycles. The van der Waals surface area contributed by atoms with Crippen LogP contribution in [0.2, 0.25) is 0 Å². The molecule has 14 heavy (non-hydrogen) atoms. The third-order valence-electron chi connectivity index (χ3n) is 2.21. The highest BCUT2D eigenvalue weighted by Crippen LogP contribution is 2.19. The minimum Gasteiger partial charge on any atom is -0.399 e. The molecule has 1 rings (SSSR count). The highest BCUT2D eigenvalue weighted by molar-refractivity contribution is 5.39. The van der Waals surface area contributed by atoms with E-state index >= 15 is 0 Å². The summed E-state index contributed by atoms with van der Waals surface area (Å²) in [7, 11) is 0. The Morgan fingerprint density at radius 1 is 1.36 bits per heavy atom. The Bertz CT molecular complexity index is 279. The number of nitrogen functional groups attached to an aromatic ring is 1. The van der Waals surface area contributed by atoms with Crippen molar-refractivity contribution in [1.82, 2.24) is 0 Å². The maximum absolute atomic E-state index is 9.76. The summed E-state index contributed by atoms with van der Waals surface area (Å²) in [6, 6.07) is 7.36. The van der Waals surface area contributed by atoms with E-state index in [2.05, 4.69) is 6.58 Å². The number of benzene rings is 1. The highest BCUT2D eigenvalue weighted by atomic mass is 16.3. The molecule has 0 amide bonds. The van der Waals surface area contributed by atoms with Gasteiger partial charge in [-0.2, -0.15) is 0 Å². The van der Waals surface area contributed by atoms with Gasteiger partial charge in [0.05, 0.1) is 6.10 Å². The van der Waals surface area contributed by atoms with Crippen molar-refractivity contribution in [3.63, 3.8) is 0 Å². The zero-order valence-electron chi connectivity index (χ0n) is 8.32. The summed E-state index contributed by atoms with van der Waals surface area (Å²) < 4.78 is 0. The molecule has 0 aromatic heterocycles. The number of hydrogen-bond donors (Lipinski definition) is 2. The molecule has 0 radical (unpaired) electrons. The molecule has 1 atom stereocenters. The van der Waals surface area contributed by atoms with E-state index in [-0.39, 0.29) is 6.10 Å². The van der Waals surface area contributed by atoms with Crippen LogP contribution in [0.25, 0.3) is 0 Å². The molecule has 0 fully saturated rings. The molecule has 2 heteroatoms. The maximum atomic E-state index is 9.76. The number of unbranched alkanes of at least 4 members (excludes halogenated alkanes) is 1. The van der Waals surface area contributed by atoms with E-state index in [1.54, 1.807) is 0 Å². The molecule has 2 nitrogen and oxygen atoms in total. The van der Waals surface area contributed by atoms with Gasteiger partial charge in [0.2, 0.25) is 0 Å². The highest BCUT2D eigenvalue weighted by Gasteiger charge is 2.05. The molecule has 0 saturated carbocycles. The Labute approximate surface area is 85.1 Å². The lowest BCUT2D eigenvalue weighted by Gasteiger charge is -2.10. The average molecular weight is 191 g/mol. The van der Waals surface area contributed by atoms with Gasteiger partial charge in [0.25, 0.3) is 0 Å². The molecule has 76 valence electrons. The second-order valence-electron chi connectivity index (χ2n) is 3.40. The van der Waals surface area contributed by atoms with Crippen molar-refractivity contribution in [3.05, 3.63) is 42.5 Å². The number of rotatable bonds is 5. The van der Waals surface area contributed by atoms with Crippen molar-refractivity contribution in [2.45, 2.75) is 25.4 Å². The first-order chi connectivity index (χ1) is 6.74. The monoisotopic (exact) mass is 191 g/mol. The largest absolute Gasteiger partial charge is 0.399 e. The molecule has 1 aromatic rings. The second-order valence-corrected chi connectivity index (χ2v) is 3.40. The lowest BCUT2D eigenvalue weighted by Crippen LogP contribution is -1.97. The van der Waals surface area contributed by atoms with Crippen LogP contribution < -0.4 is 5.73 Å². The predicted molar refractivity (Wildman–Crippen MR) is 59.9 cm³/mol. The zero-order valence-corrected chi connectivity index (χ0v) is 8.32. The fourth-order valence-corrected chi connectivity index (χ4v) is 1.34. The topological polar surface area (TPSA) is 46.2 Å². The van der Waals surface area contributed by atoms with Gasteiger partial charge in [-0.05, 0) is 37.0 Å². The molecule has 0 aliphatic rings. The van der Waals surface area contributed by atoms with E-state index in [1.165, 1.54) is 0 Å². The smallest absolute Gasteiger partial charge is 0.0790 e. The average Bonchev–Trinajstić information content (AvgIpc) is 2.19. The van der Waals surface area contributed by atoms with Crippen molar-refractivity contribution in [2.75, 3.05) is 5.73 Å². The molecule has 3 N–H and O–H groups in total. The van der Waals surface area contributed by atoms with Crippen LogP contribution in [0.4, 0.5) is 5.69 Å². The van der Waals surface area contributed by atoms with Crippen molar-refractivity contribution in [3.8, 4) is 0 Å². The lowest BCUT2D eigenvalue weighted by atomic mass is 10.0. The molecule has 0 aliphatic carbocycles. The summed E-state index contributed by atoms with van der Waals surface area (Å²) in [6.07, 6.45) is 4.18. The minimum atomic E-state index is -0.379. The van der Waals surface area contributed by atoms with Gasteiger partial charge in [0.15, 0.2) is 0 Å². The second kappa shape index (κ2) is 5.45. The molecule has 0 saturated heterocycles. The first kappa shape index (κ1) is 10.8. The number of anilines is 1. The molecule has 0 spiro atoms. The molecular formula is C12H17NO. The van der Waals surface area contributed by atoms with Crippen molar-refractivity contribution in [1.29, 1.82) is 0 Å². The van der Waals surface area contributed by atoms with Gasteiger partial charge in [0.1, 0.15) is 0 Å². The first-order valence-corrected chi connectivity index (χ1v) is 4.88. The van der Waals surface area contributed by atoms with Crippen molar-refractivity contribution >= 4 is 5.69 Å². The van der Waals surface area contributed by atoms with Crippen LogP contribution in [-0.2, 0) is 0 Å². The normalized spacial score (nSPS) is 12.4. The number of aliphatic hydroxyl groups excluding tert-OH is 1. The van der Waals surface area contributed by atoms with Crippen LogP contribution in [0.15, 0.2) is 36.9 Å². The van der Waals surface area contributed by atoms with Crippen molar-refractivity contribution in [2.24, 2.45) is 0 Å². The fourth-order valence-electron chi connectivity index (χ4n) is 1.34. The number of nitrogens with two attached hydrogens (primary N) is 1. The summed E-state index contributed by atoms with van der Waals surface area (Å²) in [4.78, 5) is 0. The van der Waals surface area contributed by atoms with Crippen LogP contribution in [0, 0.1) is 0 Å². The van der Waals surface area contributed by atoms with Crippen molar-refractivity contribution < 1.29 is 5.11 Å². The van der Waals surface area contributed by atoms with Crippen LogP contribution in [-0.4, -0.2) is 5.11 Å². The summed E-state index contributed by atoms with van der Waals surface area (Å²) in [5.74, 6) is 0. The predicted octanol–water partition coefficient (Wildman–Crippen LogP) is 2.66. The lowest BCUT2D eigenvalue weighted by molar-refractivity contribution is 0.165. The Balaban J connectivity index is 2.47. The Morgan fingerprint density at radius 3 is 2.57 bits per heavy atom. The van der Waals surface area contributed by atoms with E-state index in [0.29, 0.717) is 0 Å². The van der Waals surface area contributed by atoms with E-state index in [1.807, 2.05) is 30.3 Å². The molecule has 1 aromatic carbocycles. The Kier molecular flexibility index (Phi) is 4.20. The summed E-state index contributed by atoms with van der Waals surface area (Å²) in [6.45, 7) is 3.64. The zero-order chi connectivity index (χ0) is 10.4. The molecule has 1 unspecified atom stereocenters. The fraction of sp³-hybridized carbons (Fsp3) is 0.333. The van der Waals surface area contributed by atoms with Gasteiger partial charge >= 0.3 is 0 Å². The minimum absolute atomic E-state index is 0.379. The maximum Gasteiger partial charge on any atom is 0.0790 e. The van der Waals surface area contributed by atoms with E-state index < -0.39 is 0 Å². The van der Waals surface area contributed by atoms with Crippen LogP contribution in [0.3, 0.4) is 0 Å². The molecule has 0 aliphatic heterocycles. The van der Waals surface area contributed by atoms with Crippen LogP contribution in [0.5, 0.6) is 0 Å². The van der Waals surface area contributed by atoms with Gasteiger partial charge in [0, 0.05) is 5.69 Å². The quantitative estimate of drug-likeness (QED) is 0.427. The number of aliphatic hydroxyl groups is 1. The van der Waals surface area contributed by atoms with Gasteiger partial charge < -0.3 is 10.8 Å².